The number of methoxy groups -OCH3 is 1. The molecule has 3 fully saturated rings. The fourth-order valence-corrected chi connectivity index (χ4v) is 10.2. The minimum absolute atomic E-state index is 0.0134. The summed E-state index contributed by atoms with van der Waals surface area (Å²) in [4.78, 5) is 61.1. The summed E-state index contributed by atoms with van der Waals surface area (Å²) in [5, 5.41) is 12.1. The third-order valence-corrected chi connectivity index (χ3v) is 15.1. The second-order valence-corrected chi connectivity index (χ2v) is 19.5. The van der Waals surface area contributed by atoms with Gasteiger partial charge in [0, 0.05) is 35.3 Å². The lowest BCUT2D eigenvalue weighted by Crippen LogP contribution is -2.64. The lowest BCUT2D eigenvalue weighted by Gasteiger charge is -2.42. The number of nitrogens with zero attached hydrogens (tertiary/aromatic N) is 3. The van der Waals surface area contributed by atoms with Crippen molar-refractivity contribution in [2.75, 3.05) is 13.8 Å². The summed E-state index contributed by atoms with van der Waals surface area (Å²) in [6, 6.07) is -6.13. The van der Waals surface area contributed by atoms with E-state index in [0.29, 0.717) is 19.0 Å². The topological polar surface area (TPSA) is 185 Å². The maximum Gasteiger partial charge on any atom is 0.418 e. The van der Waals surface area contributed by atoms with E-state index in [1.807, 2.05) is 11.6 Å². The number of sulfonamides is 1. The molecule has 6 rings (SSSR count). The van der Waals surface area contributed by atoms with Crippen LogP contribution < -0.4 is 19.5 Å². The minimum atomic E-state index is -4.96. The fraction of sp³-hybridized carbons (Fsp3) is 0.634. The van der Waals surface area contributed by atoms with Crippen LogP contribution in [0.1, 0.15) is 91.5 Å². The minimum Gasteiger partial charge on any atom is -0.497 e. The van der Waals surface area contributed by atoms with E-state index in [4.69, 9.17) is 9.47 Å². The molecular weight excluding hydrogens is 853 g/mol. The molecule has 0 bridgehead atoms. The number of hydrogen-bond acceptors (Lipinski definition) is 9. The van der Waals surface area contributed by atoms with Crippen molar-refractivity contribution in [1.29, 1.82) is 0 Å². The smallest absolute Gasteiger partial charge is 0.418 e. The number of carbonyl (C=O) groups excluding carboxylic acids is 3. The SMILES string of the molecule is CCC(C)N(C(=O)O)[C@@H]1C(=O)N2[C@@H](C[C@@](C)(Oc3ncc(C(F)(F)F)c4cc(OC)ccc34)C2(F)F)C(=O)N[C@]2(C(=O)NS(=O)(=O)C3(CF)CC3)C[C@H]2/C=C\CC[C@H](C)C[C@H]1C. The second-order valence-electron chi connectivity index (χ2n) is 17.4. The molecule has 4 aliphatic rings. The van der Waals surface area contributed by atoms with Gasteiger partial charge in [0.05, 0.1) is 12.7 Å². The molecule has 2 aliphatic carbocycles. The molecular formula is C41H51F6N5O9S. The van der Waals surface area contributed by atoms with Crippen molar-refractivity contribution in [3.8, 4) is 11.6 Å². The van der Waals surface area contributed by atoms with Gasteiger partial charge in [-0.1, -0.05) is 32.9 Å². The highest BCUT2D eigenvalue weighted by atomic mass is 32.2. The third kappa shape index (κ3) is 8.13. The summed E-state index contributed by atoms with van der Waals surface area (Å²) < 4.78 is 129. The Balaban J connectivity index is 1.50. The van der Waals surface area contributed by atoms with Crippen LogP contribution >= 0.6 is 0 Å². The molecule has 14 nitrogen and oxygen atoms in total. The van der Waals surface area contributed by atoms with E-state index in [1.165, 1.54) is 27.0 Å². The Hall–Kier alpha value is -4.82. The lowest BCUT2D eigenvalue weighted by molar-refractivity contribution is -0.219. The van der Waals surface area contributed by atoms with Crippen LogP contribution in [0.2, 0.25) is 0 Å². The van der Waals surface area contributed by atoms with Gasteiger partial charge in [-0.2, -0.15) is 22.0 Å². The number of carbonyl (C=O) groups is 4. The zero-order valence-electron chi connectivity index (χ0n) is 35.0. The van der Waals surface area contributed by atoms with E-state index in [2.05, 4.69) is 10.3 Å². The largest absolute Gasteiger partial charge is 0.497 e. The molecule has 4 amide bonds. The van der Waals surface area contributed by atoms with Gasteiger partial charge >= 0.3 is 18.3 Å². The molecule has 1 unspecified atom stereocenters. The Morgan fingerprint density at radius 3 is 2.40 bits per heavy atom. The van der Waals surface area contributed by atoms with E-state index in [1.54, 1.807) is 19.1 Å². The zero-order valence-corrected chi connectivity index (χ0v) is 35.8. The van der Waals surface area contributed by atoms with Crippen LogP contribution in [0, 0.1) is 17.8 Å². The maximum absolute atomic E-state index is 17.7. The standard InChI is InChI=1S/C41H51F6N5O9S/c1-7-24(4)51(36(56)57)31-23(3)16-22(2)10-8-9-11-25-18-39(25,35(55)50-62(58,59)38(21-42)14-15-38)49-32(53)30-19-37(5,41(46,47)52(30)34(31)54)61-33-27-13-12-26(60-6)17-28(27)29(20-48-33)40(43,44)45/h9,11-13,17,20,22-25,30-31H,7-8,10,14-16,18-19,21H2,1-6H3,(H,49,53)(H,50,55)(H,56,57)/b11-9-/t22-,23+,24?,25+,30-,31-,37+,39+/m0/s1. The fourth-order valence-electron chi connectivity index (χ4n) is 8.78. The molecule has 0 spiro atoms. The Morgan fingerprint density at radius 1 is 1.15 bits per heavy atom. The number of benzene rings is 1. The molecule has 2 saturated carbocycles. The van der Waals surface area contributed by atoms with Gasteiger partial charge in [-0.15, -0.1) is 0 Å². The number of hydrogen-bond donors (Lipinski definition) is 3. The number of fused-ring (bicyclic) bond motifs is 3. The Kier molecular flexibility index (Phi) is 12.3. The van der Waals surface area contributed by atoms with Crippen molar-refractivity contribution in [3.63, 3.8) is 0 Å². The summed E-state index contributed by atoms with van der Waals surface area (Å²) in [5.74, 6) is -6.84. The molecule has 1 saturated heterocycles. The summed E-state index contributed by atoms with van der Waals surface area (Å²) in [7, 11) is -3.42. The van der Waals surface area contributed by atoms with Crippen LogP contribution in [-0.4, -0.2) is 106 Å². The molecule has 8 atom stereocenters. The number of alkyl halides is 6. The molecule has 21 heteroatoms. The van der Waals surface area contributed by atoms with Crippen LogP contribution in [0.3, 0.4) is 0 Å². The van der Waals surface area contributed by atoms with Crippen LogP contribution in [-0.2, 0) is 30.6 Å². The van der Waals surface area contributed by atoms with E-state index in [-0.39, 0.29) is 54.1 Å². The first-order valence-corrected chi connectivity index (χ1v) is 21.9. The molecule has 1 aromatic heterocycles. The van der Waals surface area contributed by atoms with Crippen molar-refractivity contribution >= 4 is 44.6 Å². The molecule has 62 heavy (non-hydrogen) atoms. The molecule has 3 heterocycles. The van der Waals surface area contributed by atoms with E-state index < -0.39 is 122 Å². The number of pyridine rings is 1. The van der Waals surface area contributed by atoms with Gasteiger partial charge in [0.15, 0.2) is 5.60 Å². The number of aromatic nitrogens is 1. The maximum atomic E-state index is 17.7. The van der Waals surface area contributed by atoms with Crippen LogP contribution in [0.4, 0.5) is 31.1 Å². The highest BCUT2D eigenvalue weighted by Gasteiger charge is 2.71. The number of allylic oxidation sites excluding steroid dienone is 1. The summed E-state index contributed by atoms with van der Waals surface area (Å²) in [6.07, 6.45) is -3.09. The monoisotopic (exact) mass is 903 g/mol. The quantitative estimate of drug-likeness (QED) is 0.134. The number of carboxylic acid groups (broad SMARTS) is 1. The molecule has 342 valence electrons. The molecule has 0 radical (unpaired) electrons. The molecule has 3 N–H and O–H groups in total. The van der Waals surface area contributed by atoms with Crippen molar-refractivity contribution in [3.05, 3.63) is 42.1 Å². The number of ether oxygens (including phenoxy) is 2. The van der Waals surface area contributed by atoms with Crippen molar-refractivity contribution in [1.82, 2.24) is 24.8 Å². The van der Waals surface area contributed by atoms with Gasteiger partial charge in [0.1, 0.15) is 34.8 Å². The average molecular weight is 904 g/mol. The van der Waals surface area contributed by atoms with Gasteiger partial charge in [0.25, 0.3) is 11.8 Å². The highest BCUT2D eigenvalue weighted by molar-refractivity contribution is 7.91. The van der Waals surface area contributed by atoms with Crippen LogP contribution in [0.15, 0.2) is 36.5 Å². The molecule has 2 aromatic rings. The van der Waals surface area contributed by atoms with Crippen LogP contribution in [0.25, 0.3) is 10.8 Å². The zero-order chi connectivity index (χ0) is 46.0. The Morgan fingerprint density at radius 2 is 1.82 bits per heavy atom. The van der Waals surface area contributed by atoms with Gasteiger partial charge in [-0.05, 0) is 88.8 Å². The van der Waals surface area contributed by atoms with Crippen LogP contribution in [0.5, 0.6) is 11.6 Å². The third-order valence-electron chi connectivity index (χ3n) is 13.0. The van der Waals surface area contributed by atoms with Crippen molar-refractivity contribution in [2.24, 2.45) is 17.8 Å². The number of rotatable bonds is 10. The molecule has 1 aromatic carbocycles. The lowest BCUT2D eigenvalue weighted by atomic mass is 9.86. The summed E-state index contributed by atoms with van der Waals surface area (Å²) in [6.45, 7) is 6.03. The normalized spacial score (nSPS) is 30.7. The van der Waals surface area contributed by atoms with Gasteiger partial charge in [-0.25, -0.2) is 22.6 Å². The van der Waals surface area contributed by atoms with E-state index in [9.17, 15) is 45.5 Å². The van der Waals surface area contributed by atoms with Crippen molar-refractivity contribution in [2.45, 2.75) is 132 Å². The van der Waals surface area contributed by atoms with Crippen molar-refractivity contribution < 1.29 is 68.5 Å². The first-order chi connectivity index (χ1) is 28.8. The van der Waals surface area contributed by atoms with Gasteiger partial charge in [-0.3, -0.25) is 28.9 Å². The van der Waals surface area contributed by atoms with Gasteiger partial charge < -0.3 is 19.9 Å². The number of nitrogens with one attached hydrogen (secondary N) is 2. The molecule has 2 aliphatic heterocycles. The Bertz CT molecular complexity index is 2260. The van der Waals surface area contributed by atoms with E-state index in [0.717, 1.165) is 24.0 Å². The summed E-state index contributed by atoms with van der Waals surface area (Å²) >= 11 is 0. The average Bonchev–Trinajstić information content (AvgIpc) is 4.11. The number of halogens is 6. The first kappa shape index (κ1) is 46.7. The summed E-state index contributed by atoms with van der Waals surface area (Å²) in [5.41, 5.74) is -6.28. The number of amides is 4. The highest BCUT2D eigenvalue weighted by Crippen LogP contribution is 2.52. The first-order valence-electron chi connectivity index (χ1n) is 20.4. The second kappa shape index (κ2) is 16.4. The predicted molar refractivity (Wildman–Crippen MR) is 211 cm³/mol. The Labute approximate surface area is 354 Å². The van der Waals surface area contributed by atoms with E-state index >= 15 is 13.6 Å². The van der Waals surface area contributed by atoms with Gasteiger partial charge in [0.2, 0.25) is 21.8 Å². The predicted octanol–water partition coefficient (Wildman–Crippen LogP) is 6.58.